The molecule has 28 heavy (non-hydrogen) atoms. The molecule has 0 unspecified atom stereocenters. The van der Waals surface area contributed by atoms with Crippen LogP contribution in [0.15, 0.2) is 30.5 Å². The standard InChI is InChI=1S/C22H30N4O2/c1-22(2,3)18-14-26-19(23-18)8-9-20(24-26)28-15-16-10-12-25(13-11-16)21(27)17-6-4-5-7-17/h4-5,8-9,14,16-17H,6-7,10-13,15H2,1-3H3. The number of hydrogen-bond acceptors (Lipinski definition) is 4. The van der Waals surface area contributed by atoms with Crippen LogP contribution in [-0.2, 0) is 10.2 Å². The first-order valence-corrected chi connectivity index (χ1v) is 10.3. The Labute approximate surface area is 166 Å². The van der Waals surface area contributed by atoms with Crippen LogP contribution in [0.3, 0.4) is 0 Å². The highest BCUT2D eigenvalue weighted by molar-refractivity contribution is 5.79. The van der Waals surface area contributed by atoms with Crippen molar-refractivity contribution in [3.8, 4) is 5.88 Å². The van der Waals surface area contributed by atoms with Crippen LogP contribution in [0.5, 0.6) is 5.88 Å². The van der Waals surface area contributed by atoms with Crippen LogP contribution in [-0.4, -0.2) is 45.1 Å². The Morgan fingerprint density at radius 1 is 1.18 bits per heavy atom. The average molecular weight is 383 g/mol. The fourth-order valence-electron chi connectivity index (χ4n) is 3.90. The summed E-state index contributed by atoms with van der Waals surface area (Å²) in [6.07, 6.45) is 10.0. The quantitative estimate of drug-likeness (QED) is 0.758. The molecule has 1 amide bonds. The van der Waals surface area contributed by atoms with E-state index in [9.17, 15) is 4.79 Å². The summed E-state index contributed by atoms with van der Waals surface area (Å²) >= 11 is 0. The summed E-state index contributed by atoms with van der Waals surface area (Å²) < 4.78 is 7.77. The number of hydrogen-bond donors (Lipinski definition) is 0. The Kier molecular flexibility index (Phi) is 5.13. The number of amides is 1. The lowest BCUT2D eigenvalue weighted by atomic mass is 9.93. The maximum absolute atomic E-state index is 12.5. The number of imidazole rings is 1. The van der Waals surface area contributed by atoms with Gasteiger partial charge in [-0.15, -0.1) is 5.10 Å². The van der Waals surface area contributed by atoms with Gasteiger partial charge in [0, 0.05) is 30.5 Å². The second-order valence-corrected chi connectivity index (χ2v) is 9.07. The van der Waals surface area contributed by atoms with Crippen LogP contribution in [0, 0.1) is 11.8 Å². The molecule has 2 aromatic rings. The highest BCUT2D eigenvalue weighted by Crippen LogP contribution is 2.25. The van der Waals surface area contributed by atoms with Gasteiger partial charge >= 0.3 is 0 Å². The molecule has 1 aliphatic carbocycles. The van der Waals surface area contributed by atoms with Crippen molar-refractivity contribution < 1.29 is 9.53 Å². The molecule has 0 saturated carbocycles. The van der Waals surface area contributed by atoms with Gasteiger partial charge in [0.05, 0.1) is 18.5 Å². The molecule has 6 heteroatoms. The summed E-state index contributed by atoms with van der Waals surface area (Å²) in [7, 11) is 0. The molecular formula is C22H30N4O2. The number of ether oxygens (including phenoxy) is 1. The molecular weight excluding hydrogens is 352 g/mol. The van der Waals surface area contributed by atoms with E-state index in [1.165, 1.54) is 0 Å². The number of carbonyl (C=O) groups excluding carboxylic acids is 1. The van der Waals surface area contributed by atoms with Gasteiger partial charge in [-0.05, 0) is 37.7 Å². The number of piperidine rings is 1. The molecule has 150 valence electrons. The lowest BCUT2D eigenvalue weighted by Gasteiger charge is -2.33. The van der Waals surface area contributed by atoms with Crippen LogP contribution >= 0.6 is 0 Å². The van der Waals surface area contributed by atoms with Crippen LogP contribution < -0.4 is 4.74 Å². The Hall–Kier alpha value is -2.37. The highest BCUT2D eigenvalue weighted by atomic mass is 16.5. The molecule has 0 aromatic carbocycles. The largest absolute Gasteiger partial charge is 0.476 e. The average Bonchev–Trinajstić information content (AvgIpc) is 3.35. The van der Waals surface area contributed by atoms with Gasteiger partial charge in [0.1, 0.15) is 0 Å². The summed E-state index contributed by atoms with van der Waals surface area (Å²) in [5.41, 5.74) is 1.85. The molecule has 0 N–H and O–H groups in total. The molecule has 1 saturated heterocycles. The van der Waals surface area contributed by atoms with Crippen LogP contribution in [0.1, 0.15) is 52.1 Å². The van der Waals surface area contributed by atoms with Crippen molar-refractivity contribution >= 4 is 11.6 Å². The minimum absolute atomic E-state index is 0.00527. The van der Waals surface area contributed by atoms with Crippen molar-refractivity contribution in [1.29, 1.82) is 0 Å². The predicted molar refractivity (Wildman–Crippen MR) is 108 cm³/mol. The van der Waals surface area contributed by atoms with Gasteiger partial charge in [-0.3, -0.25) is 4.79 Å². The zero-order chi connectivity index (χ0) is 19.7. The second kappa shape index (κ2) is 7.57. The van der Waals surface area contributed by atoms with E-state index in [0.29, 0.717) is 24.3 Å². The molecule has 0 spiro atoms. The highest BCUT2D eigenvalue weighted by Gasteiger charge is 2.28. The van der Waals surface area contributed by atoms with Crippen LogP contribution in [0.25, 0.3) is 5.65 Å². The molecule has 4 rings (SSSR count). The van der Waals surface area contributed by atoms with Gasteiger partial charge in [-0.1, -0.05) is 32.9 Å². The number of aromatic nitrogens is 3. The summed E-state index contributed by atoms with van der Waals surface area (Å²) in [6, 6.07) is 3.84. The predicted octanol–water partition coefficient (Wildman–Crippen LogP) is 3.61. The first-order valence-electron chi connectivity index (χ1n) is 10.3. The summed E-state index contributed by atoms with van der Waals surface area (Å²) in [6.45, 7) is 8.76. The monoisotopic (exact) mass is 382 g/mol. The minimum Gasteiger partial charge on any atom is -0.476 e. The molecule has 1 aliphatic heterocycles. The van der Waals surface area contributed by atoms with Gasteiger partial charge in [-0.2, -0.15) is 0 Å². The van der Waals surface area contributed by atoms with E-state index in [1.807, 2.05) is 23.2 Å². The second-order valence-electron chi connectivity index (χ2n) is 9.07. The summed E-state index contributed by atoms with van der Waals surface area (Å²) in [5, 5.41) is 4.55. The Morgan fingerprint density at radius 3 is 2.57 bits per heavy atom. The molecule has 0 radical (unpaired) electrons. The SMILES string of the molecule is CC(C)(C)c1cn2nc(OCC3CCN(C(=O)C4CC=CC4)CC3)ccc2n1. The van der Waals surface area contributed by atoms with Crippen LogP contribution in [0.2, 0.25) is 0 Å². The van der Waals surface area contributed by atoms with Gasteiger partial charge in [0.25, 0.3) is 0 Å². The molecule has 3 heterocycles. The van der Waals surface area contributed by atoms with Gasteiger partial charge < -0.3 is 9.64 Å². The van der Waals surface area contributed by atoms with E-state index in [4.69, 9.17) is 4.74 Å². The Balaban J connectivity index is 1.30. The molecule has 2 aromatic heterocycles. The zero-order valence-electron chi connectivity index (χ0n) is 17.1. The third-order valence-electron chi connectivity index (χ3n) is 5.81. The van der Waals surface area contributed by atoms with Crippen molar-refractivity contribution in [2.24, 2.45) is 11.8 Å². The lowest BCUT2D eigenvalue weighted by Crippen LogP contribution is -2.42. The van der Waals surface area contributed by atoms with E-state index < -0.39 is 0 Å². The smallest absolute Gasteiger partial charge is 0.231 e. The van der Waals surface area contributed by atoms with Gasteiger partial charge in [0.15, 0.2) is 5.65 Å². The van der Waals surface area contributed by atoms with E-state index >= 15 is 0 Å². The fourth-order valence-corrected chi connectivity index (χ4v) is 3.90. The molecule has 6 nitrogen and oxygen atoms in total. The number of allylic oxidation sites excluding steroid dienone is 2. The number of fused-ring (bicyclic) bond motifs is 1. The van der Waals surface area contributed by atoms with Crippen molar-refractivity contribution in [1.82, 2.24) is 19.5 Å². The summed E-state index contributed by atoms with van der Waals surface area (Å²) in [5.74, 6) is 1.60. The third-order valence-corrected chi connectivity index (χ3v) is 5.81. The van der Waals surface area contributed by atoms with Crippen molar-refractivity contribution in [3.05, 3.63) is 36.2 Å². The van der Waals surface area contributed by atoms with E-state index in [0.717, 1.165) is 50.1 Å². The number of rotatable bonds is 4. The topological polar surface area (TPSA) is 59.7 Å². The fraction of sp³-hybridized carbons (Fsp3) is 0.591. The molecule has 0 atom stereocenters. The normalized spacial score (nSPS) is 18.9. The number of carbonyl (C=O) groups is 1. The van der Waals surface area contributed by atoms with Crippen molar-refractivity contribution in [3.63, 3.8) is 0 Å². The molecule has 2 aliphatic rings. The van der Waals surface area contributed by atoms with Crippen molar-refractivity contribution in [2.75, 3.05) is 19.7 Å². The van der Waals surface area contributed by atoms with Crippen molar-refractivity contribution in [2.45, 2.75) is 51.9 Å². The summed E-state index contributed by atoms with van der Waals surface area (Å²) in [4.78, 5) is 19.2. The lowest BCUT2D eigenvalue weighted by molar-refractivity contribution is -0.136. The number of nitrogens with zero attached hydrogens (tertiary/aromatic N) is 4. The van der Waals surface area contributed by atoms with E-state index in [1.54, 1.807) is 4.52 Å². The maximum atomic E-state index is 12.5. The van der Waals surface area contributed by atoms with Crippen LogP contribution in [0.4, 0.5) is 0 Å². The third kappa shape index (κ3) is 4.05. The van der Waals surface area contributed by atoms with Gasteiger partial charge in [-0.25, -0.2) is 9.50 Å². The van der Waals surface area contributed by atoms with Gasteiger partial charge in [0.2, 0.25) is 11.8 Å². The molecule has 0 bridgehead atoms. The Bertz CT molecular complexity index is 864. The van der Waals surface area contributed by atoms with E-state index in [2.05, 4.69) is 43.0 Å². The minimum atomic E-state index is -0.00527. The Morgan fingerprint density at radius 2 is 1.89 bits per heavy atom. The maximum Gasteiger partial charge on any atom is 0.231 e. The zero-order valence-corrected chi connectivity index (χ0v) is 17.1. The first kappa shape index (κ1) is 19.0. The number of likely N-dealkylation sites (tertiary alicyclic amines) is 1. The first-order chi connectivity index (χ1) is 13.4. The molecule has 1 fully saturated rings. The van der Waals surface area contributed by atoms with E-state index in [-0.39, 0.29) is 11.3 Å².